The highest BCUT2D eigenvalue weighted by molar-refractivity contribution is 5.85. The number of hydrogen-bond donors (Lipinski definition) is 2. The first kappa shape index (κ1) is 10.2. The molecule has 0 amide bonds. The van der Waals surface area contributed by atoms with E-state index in [1.165, 1.54) is 19.3 Å². The summed E-state index contributed by atoms with van der Waals surface area (Å²) in [6.45, 7) is 1.39. The number of nitrogens with one attached hydrogen (secondary N) is 1. The topological polar surface area (TPSA) is 32.3 Å². The van der Waals surface area contributed by atoms with Gasteiger partial charge < -0.3 is 10.4 Å². The Labute approximate surface area is 68.4 Å². The number of rotatable bonds is 1. The summed E-state index contributed by atoms with van der Waals surface area (Å²) in [6, 6.07) is 0.382. The summed E-state index contributed by atoms with van der Waals surface area (Å²) in [5.74, 6) is 0. The quantitative estimate of drug-likeness (QED) is 0.606. The molecule has 0 unspecified atom stereocenters. The van der Waals surface area contributed by atoms with Crippen LogP contribution in [0.4, 0.5) is 0 Å². The Morgan fingerprint density at radius 2 is 2.10 bits per heavy atom. The summed E-state index contributed by atoms with van der Waals surface area (Å²) in [5, 5.41) is 12.0. The Balaban J connectivity index is 0.000000810. The monoisotopic (exact) mass is 165 g/mol. The van der Waals surface area contributed by atoms with E-state index in [0.717, 1.165) is 13.0 Å². The molecule has 0 aromatic carbocycles. The van der Waals surface area contributed by atoms with Crippen LogP contribution in [0.25, 0.3) is 0 Å². The second-order valence-electron chi connectivity index (χ2n) is 2.68. The van der Waals surface area contributed by atoms with Gasteiger partial charge in [0.25, 0.3) is 0 Å². The summed E-state index contributed by atoms with van der Waals surface area (Å²) < 4.78 is 0. The lowest BCUT2D eigenvalue weighted by Gasteiger charge is -2.10. The van der Waals surface area contributed by atoms with Crippen LogP contribution in [0.15, 0.2) is 0 Å². The second-order valence-corrected chi connectivity index (χ2v) is 2.68. The van der Waals surface area contributed by atoms with Gasteiger partial charge in [-0.2, -0.15) is 0 Å². The van der Waals surface area contributed by atoms with Gasteiger partial charge in [0.1, 0.15) is 0 Å². The molecule has 0 aliphatic carbocycles. The molecular weight excluding hydrogens is 150 g/mol. The van der Waals surface area contributed by atoms with Gasteiger partial charge in [0.2, 0.25) is 0 Å². The van der Waals surface area contributed by atoms with Crippen molar-refractivity contribution in [2.24, 2.45) is 0 Å². The van der Waals surface area contributed by atoms with Crippen molar-refractivity contribution in [2.45, 2.75) is 31.7 Å². The van der Waals surface area contributed by atoms with Crippen LogP contribution in [0, 0.1) is 0 Å². The summed E-state index contributed by atoms with van der Waals surface area (Å²) in [5.41, 5.74) is 0. The van der Waals surface area contributed by atoms with Crippen LogP contribution in [-0.2, 0) is 0 Å². The Bertz CT molecular complexity index is 72.0. The fraction of sp³-hybridized carbons (Fsp3) is 1.00. The van der Waals surface area contributed by atoms with Crippen molar-refractivity contribution in [3.63, 3.8) is 0 Å². The summed E-state index contributed by atoms with van der Waals surface area (Å²) in [7, 11) is 0. The van der Waals surface area contributed by atoms with Crippen molar-refractivity contribution in [1.29, 1.82) is 0 Å². The number of hydrogen-bond acceptors (Lipinski definition) is 2. The zero-order chi connectivity index (χ0) is 6.53. The van der Waals surface area contributed by atoms with E-state index in [9.17, 15) is 0 Å². The van der Waals surface area contributed by atoms with E-state index < -0.39 is 0 Å². The van der Waals surface area contributed by atoms with Crippen LogP contribution < -0.4 is 5.32 Å². The number of aliphatic hydroxyl groups is 1. The summed E-state index contributed by atoms with van der Waals surface area (Å²) in [6.07, 6.45) is 5.02. The Hall–Kier alpha value is 0.210. The van der Waals surface area contributed by atoms with E-state index in [1.54, 1.807) is 0 Å². The molecule has 10 heavy (non-hydrogen) atoms. The van der Waals surface area contributed by atoms with Gasteiger partial charge in [0, 0.05) is 6.04 Å². The first-order valence-electron chi connectivity index (χ1n) is 3.77. The van der Waals surface area contributed by atoms with Gasteiger partial charge in [-0.1, -0.05) is 12.8 Å². The summed E-state index contributed by atoms with van der Waals surface area (Å²) in [4.78, 5) is 0. The molecule has 1 fully saturated rings. The van der Waals surface area contributed by atoms with Gasteiger partial charge in [0.15, 0.2) is 0 Å². The number of halogens is 1. The molecule has 2 N–H and O–H groups in total. The average Bonchev–Trinajstić information content (AvgIpc) is 2.13. The van der Waals surface area contributed by atoms with E-state index in [-0.39, 0.29) is 12.4 Å². The van der Waals surface area contributed by atoms with Gasteiger partial charge in [0.05, 0.1) is 6.61 Å². The maximum absolute atomic E-state index is 8.75. The van der Waals surface area contributed by atoms with Crippen molar-refractivity contribution < 1.29 is 5.11 Å². The lowest BCUT2D eigenvalue weighted by Crippen LogP contribution is -2.31. The number of aliphatic hydroxyl groups excluding tert-OH is 1. The molecule has 1 rings (SSSR count). The molecule has 0 aromatic heterocycles. The highest BCUT2D eigenvalue weighted by Crippen LogP contribution is 2.06. The predicted molar refractivity (Wildman–Crippen MR) is 44.6 cm³/mol. The summed E-state index contributed by atoms with van der Waals surface area (Å²) >= 11 is 0. The molecule has 0 spiro atoms. The molecular formula is C7H16ClNO. The molecule has 0 radical (unpaired) electrons. The Morgan fingerprint density at radius 1 is 1.30 bits per heavy atom. The Morgan fingerprint density at radius 3 is 2.80 bits per heavy atom. The Kier molecular flexibility index (Phi) is 6.08. The fourth-order valence-electron chi connectivity index (χ4n) is 1.26. The minimum Gasteiger partial charge on any atom is -0.395 e. The van der Waals surface area contributed by atoms with Crippen LogP contribution in [0.2, 0.25) is 0 Å². The van der Waals surface area contributed by atoms with Gasteiger partial charge in [-0.3, -0.25) is 0 Å². The third-order valence-electron chi connectivity index (χ3n) is 1.88. The molecule has 1 atom stereocenters. The highest BCUT2D eigenvalue weighted by atomic mass is 35.5. The van der Waals surface area contributed by atoms with Crippen LogP contribution in [-0.4, -0.2) is 24.3 Å². The molecule has 2 nitrogen and oxygen atoms in total. The minimum atomic E-state index is 0. The van der Waals surface area contributed by atoms with E-state index in [0.29, 0.717) is 12.6 Å². The lowest BCUT2D eigenvalue weighted by molar-refractivity contribution is 0.240. The molecule has 3 heteroatoms. The molecule has 1 aliphatic heterocycles. The van der Waals surface area contributed by atoms with E-state index in [2.05, 4.69) is 5.32 Å². The van der Waals surface area contributed by atoms with Gasteiger partial charge in [-0.05, 0) is 19.4 Å². The van der Waals surface area contributed by atoms with Crippen LogP contribution in [0.1, 0.15) is 25.7 Å². The van der Waals surface area contributed by atoms with E-state index in [4.69, 9.17) is 5.11 Å². The molecule has 0 saturated carbocycles. The van der Waals surface area contributed by atoms with Crippen LogP contribution in [0.3, 0.4) is 0 Å². The maximum Gasteiger partial charge on any atom is 0.0584 e. The smallest absolute Gasteiger partial charge is 0.0584 e. The molecule has 1 saturated heterocycles. The first-order valence-corrected chi connectivity index (χ1v) is 3.77. The van der Waals surface area contributed by atoms with Crippen molar-refractivity contribution >= 4 is 12.4 Å². The van der Waals surface area contributed by atoms with Crippen molar-refractivity contribution in [2.75, 3.05) is 13.2 Å². The van der Waals surface area contributed by atoms with Crippen molar-refractivity contribution in [1.82, 2.24) is 5.32 Å². The minimum absolute atomic E-state index is 0. The van der Waals surface area contributed by atoms with Crippen molar-refractivity contribution in [3.8, 4) is 0 Å². The second kappa shape index (κ2) is 5.96. The highest BCUT2D eigenvalue weighted by Gasteiger charge is 2.08. The standard InChI is InChI=1S/C7H15NO.ClH/c9-6-7-4-2-1-3-5-8-7;/h7-9H,1-6H2;1H/t7-;/m1./s1. The third-order valence-corrected chi connectivity index (χ3v) is 1.88. The van der Waals surface area contributed by atoms with E-state index >= 15 is 0 Å². The van der Waals surface area contributed by atoms with Crippen molar-refractivity contribution in [3.05, 3.63) is 0 Å². The largest absolute Gasteiger partial charge is 0.395 e. The van der Waals surface area contributed by atoms with E-state index in [1.807, 2.05) is 0 Å². The van der Waals surface area contributed by atoms with Gasteiger partial charge in [-0.25, -0.2) is 0 Å². The molecule has 0 bridgehead atoms. The predicted octanol–water partition coefficient (Wildman–Crippen LogP) is 0.933. The average molecular weight is 166 g/mol. The normalized spacial score (nSPS) is 26.7. The molecule has 62 valence electrons. The third kappa shape index (κ3) is 3.40. The van der Waals surface area contributed by atoms with Crippen LogP contribution in [0.5, 0.6) is 0 Å². The van der Waals surface area contributed by atoms with Gasteiger partial charge >= 0.3 is 0 Å². The van der Waals surface area contributed by atoms with Crippen LogP contribution >= 0.6 is 12.4 Å². The first-order chi connectivity index (χ1) is 4.43. The van der Waals surface area contributed by atoms with Gasteiger partial charge in [-0.15, -0.1) is 12.4 Å². The SMILES string of the molecule is Cl.OC[C@H]1CCCCCN1. The fourth-order valence-corrected chi connectivity index (χ4v) is 1.26. The maximum atomic E-state index is 8.75. The molecule has 1 aliphatic rings. The molecule has 1 heterocycles. The zero-order valence-electron chi connectivity index (χ0n) is 6.18. The zero-order valence-corrected chi connectivity index (χ0v) is 6.99. The molecule has 0 aromatic rings. The lowest BCUT2D eigenvalue weighted by atomic mass is 10.1.